The van der Waals surface area contributed by atoms with E-state index in [1.807, 2.05) is 0 Å². The number of halogens is 1. The Hall–Kier alpha value is -2.31. The van der Waals surface area contributed by atoms with Gasteiger partial charge < -0.3 is 14.8 Å². The van der Waals surface area contributed by atoms with Gasteiger partial charge in [0.1, 0.15) is 0 Å². The molecule has 16 heavy (non-hydrogen) atoms. The van der Waals surface area contributed by atoms with E-state index < -0.39 is 22.3 Å². The van der Waals surface area contributed by atoms with Gasteiger partial charge >= 0.3 is 5.69 Å². The topological polar surface area (TPSA) is 88.4 Å². The molecule has 0 aliphatic heterocycles. The number of aromatic hydroxyl groups is 1. The zero-order chi connectivity index (χ0) is 11.9. The summed E-state index contributed by atoms with van der Waals surface area (Å²) in [5, 5.41) is 20.1. The van der Waals surface area contributed by atoms with Crippen molar-refractivity contribution in [2.75, 3.05) is 7.11 Å². The lowest BCUT2D eigenvalue weighted by Gasteiger charge is -2.00. The van der Waals surface area contributed by atoms with Crippen molar-refractivity contribution in [3.05, 3.63) is 28.1 Å². The number of hydrogen-bond donors (Lipinski definition) is 2. The fourth-order valence-corrected chi connectivity index (χ4v) is 1.51. The van der Waals surface area contributed by atoms with E-state index in [9.17, 15) is 19.6 Å². The summed E-state index contributed by atoms with van der Waals surface area (Å²) in [4.78, 5) is 12.2. The van der Waals surface area contributed by atoms with Crippen LogP contribution in [0.3, 0.4) is 0 Å². The highest BCUT2D eigenvalue weighted by atomic mass is 19.1. The molecule has 1 heterocycles. The van der Waals surface area contributed by atoms with Crippen molar-refractivity contribution in [3.63, 3.8) is 0 Å². The van der Waals surface area contributed by atoms with Crippen LogP contribution in [0.4, 0.5) is 10.1 Å². The van der Waals surface area contributed by atoms with Crippen LogP contribution < -0.4 is 4.74 Å². The number of nitrogens with zero attached hydrogens (tertiary/aromatic N) is 1. The molecule has 0 radical (unpaired) electrons. The second-order valence-corrected chi connectivity index (χ2v) is 3.11. The van der Waals surface area contributed by atoms with Crippen LogP contribution in [0.2, 0.25) is 0 Å². The molecule has 0 aliphatic carbocycles. The number of nitro groups is 1. The van der Waals surface area contributed by atoms with Crippen LogP contribution in [0, 0.1) is 15.9 Å². The molecule has 2 aromatic rings. The Kier molecular flexibility index (Phi) is 2.15. The number of ether oxygens (including phenoxy) is 1. The summed E-state index contributed by atoms with van der Waals surface area (Å²) < 4.78 is 18.0. The molecule has 84 valence electrons. The highest BCUT2D eigenvalue weighted by Crippen LogP contribution is 2.37. The fraction of sp³-hybridized carbons (Fsp3) is 0.111. The zero-order valence-corrected chi connectivity index (χ0v) is 8.15. The lowest BCUT2D eigenvalue weighted by molar-refractivity contribution is -0.384. The minimum Gasteiger partial charge on any atom is -0.494 e. The van der Waals surface area contributed by atoms with E-state index in [1.165, 1.54) is 13.2 Å². The summed E-state index contributed by atoms with van der Waals surface area (Å²) in [6, 6.07) is 2.19. The summed E-state index contributed by atoms with van der Waals surface area (Å²) in [5.74, 6) is -1.38. The van der Waals surface area contributed by atoms with E-state index in [0.29, 0.717) is 0 Å². The number of nitrogens with one attached hydrogen (secondary N) is 1. The number of fused-ring (bicyclic) bond motifs is 1. The summed E-state index contributed by atoms with van der Waals surface area (Å²) in [6.45, 7) is 0. The first-order valence-electron chi connectivity index (χ1n) is 4.27. The van der Waals surface area contributed by atoms with Crippen molar-refractivity contribution in [1.82, 2.24) is 4.98 Å². The van der Waals surface area contributed by atoms with Crippen LogP contribution in [0.1, 0.15) is 0 Å². The molecule has 1 aromatic carbocycles. The van der Waals surface area contributed by atoms with Crippen LogP contribution >= 0.6 is 0 Å². The van der Waals surface area contributed by atoms with Crippen molar-refractivity contribution in [2.45, 2.75) is 0 Å². The third-order valence-electron chi connectivity index (χ3n) is 2.21. The molecular weight excluding hydrogens is 219 g/mol. The standard InChI is InChI=1S/C9H7FN2O4/c1-16-7-2-4-6(3-5(7)10)11-9(13)8(4)12(14)15/h2-3,11,13H,1H3. The third-order valence-corrected chi connectivity index (χ3v) is 2.21. The molecule has 2 rings (SSSR count). The molecule has 0 saturated heterocycles. The van der Waals surface area contributed by atoms with Gasteiger partial charge in [-0.15, -0.1) is 0 Å². The maximum Gasteiger partial charge on any atom is 0.338 e. The molecule has 7 heteroatoms. The number of aromatic amines is 1. The van der Waals surface area contributed by atoms with Crippen LogP contribution in [-0.2, 0) is 0 Å². The molecule has 6 nitrogen and oxygen atoms in total. The van der Waals surface area contributed by atoms with E-state index in [-0.39, 0.29) is 16.7 Å². The molecule has 0 fully saturated rings. The number of methoxy groups -OCH3 is 1. The predicted octanol–water partition coefficient (Wildman–Crippen LogP) is 1.93. The summed E-state index contributed by atoms with van der Waals surface area (Å²) in [7, 11) is 1.25. The minimum atomic E-state index is -0.745. The van der Waals surface area contributed by atoms with Crippen LogP contribution in [-0.4, -0.2) is 22.1 Å². The van der Waals surface area contributed by atoms with E-state index in [1.54, 1.807) is 0 Å². The van der Waals surface area contributed by atoms with Crippen molar-refractivity contribution in [1.29, 1.82) is 0 Å². The van der Waals surface area contributed by atoms with Gasteiger partial charge in [-0.2, -0.15) is 0 Å². The minimum absolute atomic E-state index is 0.0979. The molecule has 1 aromatic heterocycles. The largest absolute Gasteiger partial charge is 0.494 e. The average Bonchev–Trinajstić information content (AvgIpc) is 2.51. The van der Waals surface area contributed by atoms with E-state index >= 15 is 0 Å². The van der Waals surface area contributed by atoms with Crippen molar-refractivity contribution >= 4 is 16.6 Å². The Labute approximate surface area is 88.4 Å². The normalized spacial score (nSPS) is 10.6. The van der Waals surface area contributed by atoms with Gasteiger partial charge in [0.2, 0.25) is 0 Å². The van der Waals surface area contributed by atoms with Gasteiger partial charge in [0.25, 0.3) is 5.88 Å². The van der Waals surface area contributed by atoms with Crippen LogP contribution in [0.15, 0.2) is 12.1 Å². The summed E-state index contributed by atoms with van der Waals surface area (Å²) in [5.41, 5.74) is -0.351. The molecule has 2 N–H and O–H groups in total. The van der Waals surface area contributed by atoms with Crippen LogP contribution in [0.25, 0.3) is 10.9 Å². The van der Waals surface area contributed by atoms with Gasteiger partial charge in [0, 0.05) is 6.07 Å². The van der Waals surface area contributed by atoms with Gasteiger partial charge in [-0.25, -0.2) is 4.39 Å². The number of hydrogen-bond acceptors (Lipinski definition) is 4. The second kappa shape index (κ2) is 3.37. The Bertz CT molecular complexity index is 578. The van der Waals surface area contributed by atoms with E-state index in [0.717, 1.165) is 6.07 Å². The number of benzene rings is 1. The number of aromatic nitrogens is 1. The first-order valence-corrected chi connectivity index (χ1v) is 4.27. The Morgan fingerprint density at radius 1 is 1.56 bits per heavy atom. The molecule has 0 bridgehead atoms. The highest BCUT2D eigenvalue weighted by Gasteiger charge is 2.23. The summed E-state index contributed by atoms with van der Waals surface area (Å²) >= 11 is 0. The molecule has 0 amide bonds. The third kappa shape index (κ3) is 1.33. The highest BCUT2D eigenvalue weighted by molar-refractivity contribution is 5.93. The second-order valence-electron chi connectivity index (χ2n) is 3.11. The first-order chi connectivity index (χ1) is 7.54. The Balaban J connectivity index is 2.82. The smallest absolute Gasteiger partial charge is 0.338 e. The van der Waals surface area contributed by atoms with Gasteiger partial charge in [0.15, 0.2) is 11.6 Å². The molecule has 0 saturated carbocycles. The predicted molar refractivity (Wildman–Crippen MR) is 53.1 cm³/mol. The van der Waals surface area contributed by atoms with E-state index in [2.05, 4.69) is 4.98 Å². The fourth-order valence-electron chi connectivity index (χ4n) is 1.51. The molecule has 0 atom stereocenters. The molecule has 0 spiro atoms. The zero-order valence-electron chi connectivity index (χ0n) is 8.15. The molecule has 0 unspecified atom stereocenters. The Morgan fingerprint density at radius 3 is 2.81 bits per heavy atom. The SMILES string of the molecule is COc1cc2c([N+](=O)[O-])c(O)[nH]c2cc1F. The van der Waals surface area contributed by atoms with Gasteiger partial charge in [-0.3, -0.25) is 10.1 Å². The monoisotopic (exact) mass is 226 g/mol. The maximum absolute atomic E-state index is 13.3. The van der Waals surface area contributed by atoms with Crippen molar-refractivity contribution in [2.24, 2.45) is 0 Å². The average molecular weight is 226 g/mol. The van der Waals surface area contributed by atoms with Crippen LogP contribution in [0.5, 0.6) is 11.6 Å². The van der Waals surface area contributed by atoms with Gasteiger partial charge in [0.05, 0.1) is 22.9 Å². The van der Waals surface area contributed by atoms with Gasteiger partial charge in [-0.1, -0.05) is 0 Å². The Morgan fingerprint density at radius 2 is 2.25 bits per heavy atom. The summed E-state index contributed by atoms with van der Waals surface area (Å²) in [6.07, 6.45) is 0. The van der Waals surface area contributed by atoms with Crippen molar-refractivity contribution < 1.29 is 19.2 Å². The quantitative estimate of drug-likeness (QED) is 0.604. The maximum atomic E-state index is 13.3. The lowest BCUT2D eigenvalue weighted by atomic mass is 10.2. The molecule has 0 aliphatic rings. The van der Waals surface area contributed by atoms with Crippen molar-refractivity contribution in [3.8, 4) is 11.6 Å². The van der Waals surface area contributed by atoms with Gasteiger partial charge in [-0.05, 0) is 6.07 Å². The number of rotatable bonds is 2. The lowest BCUT2D eigenvalue weighted by Crippen LogP contribution is -1.89. The number of H-pyrrole nitrogens is 1. The van der Waals surface area contributed by atoms with E-state index in [4.69, 9.17) is 4.74 Å². The molecular formula is C9H7FN2O4. The first kappa shape index (κ1) is 10.2.